The molecule has 0 bridgehead atoms. The van der Waals surface area contributed by atoms with Gasteiger partial charge in [-0.2, -0.15) is 0 Å². The predicted molar refractivity (Wildman–Crippen MR) is 155 cm³/mol. The van der Waals surface area contributed by atoms with E-state index in [1.54, 1.807) is 26.4 Å². The number of rotatable bonds is 13. The van der Waals surface area contributed by atoms with E-state index in [2.05, 4.69) is 27.7 Å². The van der Waals surface area contributed by atoms with E-state index >= 15 is 4.39 Å². The quantitative estimate of drug-likeness (QED) is 0.232. The highest BCUT2D eigenvalue weighted by molar-refractivity contribution is 5.71. The van der Waals surface area contributed by atoms with Crippen LogP contribution in [0.5, 0.6) is 11.5 Å². The topological polar surface area (TPSA) is 65.0 Å². The second kappa shape index (κ2) is 12.0. The van der Waals surface area contributed by atoms with Gasteiger partial charge in [0.25, 0.3) is 0 Å². The number of aliphatic carboxylic acids is 1. The molecule has 1 aliphatic carbocycles. The molecule has 0 saturated heterocycles. The molecule has 1 fully saturated rings. The first kappa shape index (κ1) is 29.6. The molecule has 3 aromatic carbocycles. The minimum absolute atomic E-state index is 0.0262. The Morgan fingerprint density at radius 1 is 1.02 bits per heavy atom. The van der Waals surface area contributed by atoms with Gasteiger partial charge in [0.1, 0.15) is 23.9 Å². The third-order valence-electron chi connectivity index (χ3n) is 8.64. The van der Waals surface area contributed by atoms with Gasteiger partial charge in [0, 0.05) is 12.7 Å². The van der Waals surface area contributed by atoms with Gasteiger partial charge in [-0.25, -0.2) is 4.39 Å². The van der Waals surface area contributed by atoms with Crippen molar-refractivity contribution >= 4 is 5.97 Å². The zero-order valence-electron chi connectivity index (χ0n) is 24.4. The molecule has 1 saturated carbocycles. The molecule has 0 radical (unpaired) electrons. The monoisotopic (exact) mass is 548 g/mol. The summed E-state index contributed by atoms with van der Waals surface area (Å²) in [5.74, 6) is 0.119. The van der Waals surface area contributed by atoms with Gasteiger partial charge in [-0.1, -0.05) is 52.0 Å². The molecule has 0 aromatic heterocycles. The van der Waals surface area contributed by atoms with Crippen molar-refractivity contribution in [3.05, 3.63) is 83.2 Å². The predicted octanol–water partition coefficient (Wildman–Crippen LogP) is 8.56. The molecule has 0 heterocycles. The highest BCUT2D eigenvalue weighted by atomic mass is 19.1. The number of halogens is 1. The van der Waals surface area contributed by atoms with E-state index in [0.29, 0.717) is 23.7 Å². The summed E-state index contributed by atoms with van der Waals surface area (Å²) in [6, 6.07) is 18.5. The lowest BCUT2D eigenvalue weighted by Gasteiger charge is -2.34. The third-order valence-corrected chi connectivity index (χ3v) is 8.64. The van der Waals surface area contributed by atoms with E-state index < -0.39 is 5.97 Å². The van der Waals surface area contributed by atoms with Crippen LogP contribution in [-0.2, 0) is 16.1 Å². The van der Waals surface area contributed by atoms with Gasteiger partial charge in [0.2, 0.25) is 0 Å². The van der Waals surface area contributed by atoms with Crippen molar-refractivity contribution in [1.29, 1.82) is 0 Å². The van der Waals surface area contributed by atoms with Crippen molar-refractivity contribution < 1.29 is 28.5 Å². The van der Waals surface area contributed by atoms with E-state index in [1.165, 1.54) is 6.07 Å². The van der Waals surface area contributed by atoms with E-state index in [-0.39, 0.29) is 35.1 Å². The molecule has 214 valence electrons. The van der Waals surface area contributed by atoms with Crippen molar-refractivity contribution in [3.8, 4) is 22.6 Å². The Morgan fingerprint density at radius 2 is 1.77 bits per heavy atom. The van der Waals surface area contributed by atoms with Crippen molar-refractivity contribution in [2.75, 3.05) is 14.2 Å². The third kappa shape index (κ3) is 6.49. The largest absolute Gasteiger partial charge is 0.497 e. The molecule has 4 rings (SSSR count). The number of benzene rings is 3. The number of hydrogen-bond donors (Lipinski definition) is 1. The second-order valence-corrected chi connectivity index (χ2v) is 11.9. The lowest BCUT2D eigenvalue weighted by Crippen LogP contribution is -2.24. The maximum absolute atomic E-state index is 15.1. The minimum Gasteiger partial charge on any atom is -0.497 e. The maximum atomic E-state index is 15.1. The van der Waals surface area contributed by atoms with Crippen LogP contribution in [0.4, 0.5) is 4.39 Å². The molecule has 1 N–H and O–H groups in total. The Hall–Kier alpha value is -3.38. The maximum Gasteiger partial charge on any atom is 0.303 e. The molecule has 0 spiro atoms. The molecule has 1 aliphatic rings. The van der Waals surface area contributed by atoms with E-state index in [4.69, 9.17) is 14.2 Å². The smallest absolute Gasteiger partial charge is 0.303 e. The van der Waals surface area contributed by atoms with Crippen molar-refractivity contribution in [2.24, 2.45) is 10.8 Å². The molecule has 40 heavy (non-hydrogen) atoms. The average Bonchev–Trinajstić information content (AvgIpc) is 3.69. The number of carboxylic acids is 1. The van der Waals surface area contributed by atoms with Gasteiger partial charge in [0.05, 0.1) is 19.6 Å². The van der Waals surface area contributed by atoms with Crippen LogP contribution < -0.4 is 9.47 Å². The Morgan fingerprint density at radius 3 is 2.40 bits per heavy atom. The second-order valence-electron chi connectivity index (χ2n) is 11.9. The molecule has 0 unspecified atom stereocenters. The highest BCUT2D eigenvalue weighted by Gasteiger charge is 2.46. The summed E-state index contributed by atoms with van der Waals surface area (Å²) in [5, 5.41) is 9.50. The molecule has 0 aliphatic heterocycles. The van der Waals surface area contributed by atoms with Gasteiger partial charge in [-0.05, 0) is 94.7 Å². The van der Waals surface area contributed by atoms with Crippen molar-refractivity contribution in [2.45, 2.75) is 72.0 Å². The van der Waals surface area contributed by atoms with Gasteiger partial charge >= 0.3 is 5.97 Å². The van der Waals surface area contributed by atoms with Gasteiger partial charge in [0.15, 0.2) is 0 Å². The first-order valence-electron chi connectivity index (χ1n) is 14.0. The Labute approximate surface area is 237 Å². The number of hydrogen-bond acceptors (Lipinski definition) is 4. The van der Waals surface area contributed by atoms with Crippen LogP contribution in [0, 0.1) is 16.6 Å². The zero-order chi connectivity index (χ0) is 29.1. The highest BCUT2D eigenvalue weighted by Crippen LogP contribution is 2.57. The number of methoxy groups -OCH3 is 2. The molecular formula is C34H41FO5. The lowest BCUT2D eigenvalue weighted by molar-refractivity contribution is -0.137. The number of carbonyl (C=O) groups is 1. The van der Waals surface area contributed by atoms with E-state index in [1.807, 2.05) is 42.5 Å². The van der Waals surface area contributed by atoms with Crippen LogP contribution in [0.25, 0.3) is 11.1 Å². The molecule has 5 nitrogen and oxygen atoms in total. The van der Waals surface area contributed by atoms with Gasteiger partial charge in [-0.3, -0.25) is 4.79 Å². The van der Waals surface area contributed by atoms with Crippen LogP contribution in [0.15, 0.2) is 60.7 Å². The minimum atomic E-state index is -0.785. The first-order chi connectivity index (χ1) is 19.0. The van der Waals surface area contributed by atoms with Crippen LogP contribution in [0.3, 0.4) is 0 Å². The Bertz CT molecular complexity index is 1340. The van der Waals surface area contributed by atoms with Crippen LogP contribution in [0.1, 0.15) is 82.1 Å². The van der Waals surface area contributed by atoms with Crippen LogP contribution in [0.2, 0.25) is 0 Å². The molecular weight excluding hydrogens is 507 g/mol. The zero-order valence-corrected chi connectivity index (χ0v) is 24.4. The molecule has 3 aromatic rings. The molecule has 0 amide bonds. The number of carboxylic acid groups (broad SMARTS) is 1. The number of ether oxygens (including phenoxy) is 3. The Balaban J connectivity index is 1.66. The summed E-state index contributed by atoms with van der Waals surface area (Å²) >= 11 is 0. The normalized spacial score (nSPS) is 15.8. The van der Waals surface area contributed by atoms with Crippen LogP contribution >= 0.6 is 0 Å². The fraction of sp³-hybridized carbons (Fsp3) is 0.441. The van der Waals surface area contributed by atoms with Crippen molar-refractivity contribution in [1.82, 2.24) is 0 Å². The summed E-state index contributed by atoms with van der Waals surface area (Å²) in [4.78, 5) is 11.6. The summed E-state index contributed by atoms with van der Waals surface area (Å²) in [6.07, 6.45) is 2.77. The molecule has 2 atom stereocenters. The lowest BCUT2D eigenvalue weighted by atomic mass is 9.77. The first-order valence-corrected chi connectivity index (χ1v) is 14.0. The van der Waals surface area contributed by atoms with Crippen LogP contribution in [-0.4, -0.2) is 25.3 Å². The van der Waals surface area contributed by atoms with E-state index in [9.17, 15) is 9.90 Å². The van der Waals surface area contributed by atoms with Gasteiger partial charge in [-0.15, -0.1) is 0 Å². The van der Waals surface area contributed by atoms with E-state index in [0.717, 1.165) is 41.5 Å². The van der Waals surface area contributed by atoms with Crippen molar-refractivity contribution in [3.63, 3.8) is 0 Å². The summed E-state index contributed by atoms with van der Waals surface area (Å²) in [5.41, 5.74) is 3.85. The SMILES string of the molecule is CCC(C)(C)[C@@H](OC)c1cc(COc2cccc([C@H](CC(=O)O)C3(C)CC3)c2)ccc1-c1cc(OC)ccc1F. The molecule has 6 heteroatoms. The fourth-order valence-electron chi connectivity index (χ4n) is 5.53. The summed E-state index contributed by atoms with van der Waals surface area (Å²) < 4.78 is 32.7. The average molecular weight is 549 g/mol. The fourth-order valence-corrected chi connectivity index (χ4v) is 5.53. The van der Waals surface area contributed by atoms with Gasteiger partial charge < -0.3 is 19.3 Å². The standard InChI is InChI=1S/C34H41FO5/c1-7-33(2,3)32(39-6)28-17-22(11-13-26(28)27-19-24(38-5)12-14-30(27)35)21-40-25-10-8-9-23(18-25)29(20-31(36)37)34(4)15-16-34/h8-14,17-19,29,32H,7,15-16,20-21H2,1-6H3,(H,36,37)/t29-,32-/m0/s1. The summed E-state index contributed by atoms with van der Waals surface area (Å²) in [6.45, 7) is 8.88. The summed E-state index contributed by atoms with van der Waals surface area (Å²) in [7, 11) is 3.26. The Kier molecular flexibility index (Phi) is 8.89.